The lowest BCUT2D eigenvalue weighted by Gasteiger charge is -2.35. The van der Waals surface area contributed by atoms with E-state index in [1.54, 1.807) is 4.90 Å². The molecule has 1 aromatic carbocycles. The van der Waals surface area contributed by atoms with E-state index in [1.165, 1.54) is 0 Å². The van der Waals surface area contributed by atoms with E-state index < -0.39 is 0 Å². The maximum Gasteiger partial charge on any atom is 0.322 e. The first kappa shape index (κ1) is 15.6. The van der Waals surface area contributed by atoms with Gasteiger partial charge in [-0.05, 0) is 45.4 Å². The second-order valence-corrected chi connectivity index (χ2v) is 5.53. The van der Waals surface area contributed by atoms with Gasteiger partial charge in [0.15, 0.2) is 0 Å². The van der Waals surface area contributed by atoms with Crippen molar-refractivity contribution in [1.29, 1.82) is 0 Å². The minimum atomic E-state index is -0.109. The van der Waals surface area contributed by atoms with Crippen LogP contribution in [0.2, 0.25) is 0 Å². The Hall–Kier alpha value is -1.75. The number of carbonyl (C=O) groups excluding carboxylic acids is 1. The van der Waals surface area contributed by atoms with Crippen molar-refractivity contribution >= 4 is 11.7 Å². The molecule has 21 heavy (non-hydrogen) atoms. The maximum absolute atomic E-state index is 12.4. The van der Waals surface area contributed by atoms with E-state index in [1.807, 2.05) is 45.9 Å². The highest BCUT2D eigenvalue weighted by atomic mass is 16.5. The zero-order chi connectivity index (χ0) is 15.4. The molecule has 1 saturated heterocycles. The maximum atomic E-state index is 12.4. The number of nitrogens with zero attached hydrogens (tertiary/aromatic N) is 1. The highest BCUT2D eigenvalue weighted by molar-refractivity contribution is 5.91. The molecule has 1 fully saturated rings. The second-order valence-electron chi connectivity index (χ2n) is 5.53. The number of benzene rings is 1. The van der Waals surface area contributed by atoms with Crippen LogP contribution < -0.4 is 10.1 Å². The van der Waals surface area contributed by atoms with E-state index in [0.29, 0.717) is 31.1 Å². The monoisotopic (exact) mass is 292 g/mol. The van der Waals surface area contributed by atoms with Crippen LogP contribution in [0.3, 0.4) is 0 Å². The summed E-state index contributed by atoms with van der Waals surface area (Å²) in [6.45, 7) is 9.66. The van der Waals surface area contributed by atoms with Crippen molar-refractivity contribution < 1.29 is 14.3 Å². The van der Waals surface area contributed by atoms with Gasteiger partial charge >= 0.3 is 6.03 Å². The lowest BCUT2D eigenvalue weighted by molar-refractivity contribution is -0.0530. The molecule has 1 aliphatic rings. The average Bonchev–Trinajstić information content (AvgIpc) is 2.41. The molecule has 0 spiro atoms. The fourth-order valence-electron chi connectivity index (χ4n) is 2.55. The summed E-state index contributed by atoms with van der Waals surface area (Å²) < 4.78 is 11.2. The number of nitrogens with one attached hydrogen (secondary N) is 1. The fraction of sp³-hybridized carbons (Fsp3) is 0.562. The molecule has 5 heteroatoms. The zero-order valence-electron chi connectivity index (χ0n) is 13.2. The summed E-state index contributed by atoms with van der Waals surface area (Å²) in [6, 6.07) is 5.67. The molecule has 2 atom stereocenters. The van der Waals surface area contributed by atoms with Gasteiger partial charge in [0.25, 0.3) is 0 Å². The Morgan fingerprint density at radius 1 is 1.38 bits per heavy atom. The molecule has 2 unspecified atom stereocenters. The Balaban J connectivity index is 2.08. The van der Waals surface area contributed by atoms with Gasteiger partial charge in [0.05, 0.1) is 24.5 Å². The molecule has 2 amide bonds. The van der Waals surface area contributed by atoms with E-state index in [4.69, 9.17) is 9.47 Å². The number of urea groups is 1. The normalized spacial score (nSPS) is 22.0. The van der Waals surface area contributed by atoms with Crippen LogP contribution in [0.5, 0.6) is 5.75 Å². The Bertz CT molecular complexity index is 494. The van der Waals surface area contributed by atoms with Crippen LogP contribution >= 0.6 is 0 Å². The van der Waals surface area contributed by atoms with E-state index in [0.717, 1.165) is 5.56 Å². The number of ether oxygens (including phenoxy) is 2. The molecule has 0 aliphatic carbocycles. The van der Waals surface area contributed by atoms with E-state index in [9.17, 15) is 4.79 Å². The molecule has 116 valence electrons. The molecule has 1 N–H and O–H groups in total. The highest BCUT2D eigenvalue weighted by Gasteiger charge is 2.26. The second kappa shape index (κ2) is 6.80. The molecule has 1 aliphatic heterocycles. The van der Waals surface area contributed by atoms with Crippen molar-refractivity contribution in [2.24, 2.45) is 0 Å². The summed E-state index contributed by atoms with van der Waals surface area (Å²) in [5.74, 6) is 0.709. The van der Waals surface area contributed by atoms with Gasteiger partial charge in [0, 0.05) is 13.1 Å². The van der Waals surface area contributed by atoms with Gasteiger partial charge in [-0.3, -0.25) is 0 Å². The number of amides is 2. The smallest absolute Gasteiger partial charge is 0.322 e. The third-order valence-electron chi connectivity index (χ3n) is 3.39. The third-order valence-corrected chi connectivity index (χ3v) is 3.39. The summed E-state index contributed by atoms with van der Waals surface area (Å²) in [6.07, 6.45) is 0.118. The Labute approximate surface area is 126 Å². The quantitative estimate of drug-likeness (QED) is 0.931. The number of morpholine rings is 1. The van der Waals surface area contributed by atoms with Crippen LogP contribution in [0.25, 0.3) is 0 Å². The van der Waals surface area contributed by atoms with Crippen molar-refractivity contribution in [1.82, 2.24) is 4.90 Å². The van der Waals surface area contributed by atoms with E-state index in [2.05, 4.69) is 5.32 Å². The number of hydrogen-bond donors (Lipinski definition) is 1. The van der Waals surface area contributed by atoms with Crippen LogP contribution in [0, 0.1) is 6.92 Å². The van der Waals surface area contributed by atoms with Crippen molar-refractivity contribution in [3.05, 3.63) is 23.8 Å². The van der Waals surface area contributed by atoms with Gasteiger partial charge in [-0.1, -0.05) is 6.07 Å². The molecule has 0 aromatic heterocycles. The first-order chi connectivity index (χ1) is 9.99. The van der Waals surface area contributed by atoms with Crippen LogP contribution in [0.15, 0.2) is 18.2 Å². The topological polar surface area (TPSA) is 50.8 Å². The summed E-state index contributed by atoms with van der Waals surface area (Å²) >= 11 is 0. The summed E-state index contributed by atoms with van der Waals surface area (Å²) in [5.41, 5.74) is 1.81. The highest BCUT2D eigenvalue weighted by Crippen LogP contribution is 2.26. The van der Waals surface area contributed by atoms with Crippen LogP contribution in [0.1, 0.15) is 26.3 Å². The molecule has 1 heterocycles. The summed E-state index contributed by atoms with van der Waals surface area (Å²) in [4.78, 5) is 14.2. The zero-order valence-corrected chi connectivity index (χ0v) is 13.2. The van der Waals surface area contributed by atoms with Gasteiger partial charge in [-0.15, -0.1) is 0 Å². The van der Waals surface area contributed by atoms with E-state index in [-0.39, 0.29) is 18.2 Å². The number of hydrogen-bond acceptors (Lipinski definition) is 3. The van der Waals surface area contributed by atoms with Gasteiger partial charge in [-0.2, -0.15) is 0 Å². The predicted octanol–water partition coefficient (Wildman–Crippen LogP) is 3.03. The van der Waals surface area contributed by atoms with Crippen molar-refractivity contribution in [3.63, 3.8) is 0 Å². The first-order valence-electron chi connectivity index (χ1n) is 7.44. The average molecular weight is 292 g/mol. The first-order valence-corrected chi connectivity index (χ1v) is 7.44. The molecule has 5 nitrogen and oxygen atoms in total. The molecule has 1 aromatic rings. The van der Waals surface area contributed by atoms with Gasteiger partial charge < -0.3 is 19.7 Å². The Kier molecular flexibility index (Phi) is 5.07. The van der Waals surface area contributed by atoms with Gasteiger partial charge in [-0.25, -0.2) is 4.79 Å². The number of carbonyl (C=O) groups is 1. The number of anilines is 1. The Morgan fingerprint density at radius 3 is 2.67 bits per heavy atom. The predicted molar refractivity (Wildman–Crippen MR) is 82.9 cm³/mol. The third kappa shape index (κ3) is 4.11. The SMILES string of the molecule is CCOc1cc(C)ccc1NC(=O)N1CC(C)OC(C)C1. The molecule has 2 rings (SSSR count). The minimum absolute atomic E-state index is 0.0591. The van der Waals surface area contributed by atoms with Crippen LogP contribution in [-0.4, -0.2) is 42.8 Å². The van der Waals surface area contributed by atoms with Gasteiger partial charge in [0.2, 0.25) is 0 Å². The lowest BCUT2D eigenvalue weighted by Crippen LogP contribution is -2.49. The fourth-order valence-corrected chi connectivity index (χ4v) is 2.55. The van der Waals surface area contributed by atoms with Crippen molar-refractivity contribution in [2.45, 2.75) is 39.9 Å². The molecule has 0 saturated carbocycles. The largest absolute Gasteiger partial charge is 0.492 e. The standard InChI is InChI=1S/C16H24N2O3/c1-5-20-15-8-11(2)6-7-14(15)17-16(19)18-9-12(3)21-13(4)10-18/h6-8,12-13H,5,9-10H2,1-4H3,(H,17,19). The summed E-state index contributed by atoms with van der Waals surface area (Å²) in [7, 11) is 0. The van der Waals surface area contributed by atoms with Gasteiger partial charge in [0.1, 0.15) is 5.75 Å². The van der Waals surface area contributed by atoms with Crippen molar-refractivity contribution in [3.8, 4) is 5.75 Å². The molecular weight excluding hydrogens is 268 g/mol. The lowest BCUT2D eigenvalue weighted by atomic mass is 10.2. The molecular formula is C16H24N2O3. The van der Waals surface area contributed by atoms with E-state index >= 15 is 0 Å². The molecule has 0 radical (unpaired) electrons. The van der Waals surface area contributed by atoms with Crippen LogP contribution in [0.4, 0.5) is 10.5 Å². The number of rotatable bonds is 3. The van der Waals surface area contributed by atoms with Crippen LogP contribution in [-0.2, 0) is 4.74 Å². The minimum Gasteiger partial charge on any atom is -0.492 e. The summed E-state index contributed by atoms with van der Waals surface area (Å²) in [5, 5.41) is 2.94. The van der Waals surface area contributed by atoms with Crippen molar-refractivity contribution in [2.75, 3.05) is 25.0 Å². The Morgan fingerprint density at radius 2 is 2.05 bits per heavy atom. The number of aryl methyl sites for hydroxylation is 1. The molecule has 0 bridgehead atoms.